The zero-order chi connectivity index (χ0) is 20.5. The Labute approximate surface area is 183 Å². The number of rotatable bonds is 4. The molecular formula is C20H20Cl2N4O2S. The maximum absolute atomic E-state index is 12.8. The van der Waals surface area contributed by atoms with Gasteiger partial charge in [0, 0.05) is 36.1 Å². The molecular weight excluding hydrogens is 431 g/mol. The second kappa shape index (κ2) is 8.34. The Morgan fingerprint density at radius 1 is 1.17 bits per heavy atom. The molecule has 3 heterocycles. The Morgan fingerprint density at radius 2 is 1.93 bits per heavy atom. The van der Waals surface area contributed by atoms with Gasteiger partial charge in [-0.2, -0.15) is 0 Å². The minimum absolute atomic E-state index is 0.0603. The molecule has 0 aliphatic carbocycles. The second-order valence-electron chi connectivity index (χ2n) is 6.92. The number of nitrogens with zero attached hydrogens (tertiary/aromatic N) is 4. The lowest BCUT2D eigenvalue weighted by Gasteiger charge is -2.36. The molecule has 0 saturated carbocycles. The minimum Gasteiger partial charge on any atom is -0.479 e. The van der Waals surface area contributed by atoms with E-state index in [0.29, 0.717) is 42.0 Å². The van der Waals surface area contributed by atoms with E-state index >= 15 is 0 Å². The van der Waals surface area contributed by atoms with Crippen molar-refractivity contribution in [2.24, 2.45) is 0 Å². The van der Waals surface area contributed by atoms with Crippen molar-refractivity contribution in [3.63, 3.8) is 0 Å². The molecule has 6 nitrogen and oxygen atoms in total. The normalized spacial score (nSPS) is 15.6. The predicted octanol–water partition coefficient (Wildman–Crippen LogP) is 4.42. The highest BCUT2D eigenvalue weighted by atomic mass is 35.5. The van der Waals surface area contributed by atoms with Crippen molar-refractivity contribution in [3.05, 3.63) is 45.5 Å². The first-order chi connectivity index (χ1) is 13.9. The smallest absolute Gasteiger partial charge is 0.263 e. The summed E-state index contributed by atoms with van der Waals surface area (Å²) in [5.41, 5.74) is 0. The van der Waals surface area contributed by atoms with E-state index in [0.717, 1.165) is 16.0 Å². The molecule has 29 heavy (non-hydrogen) atoms. The Balaban J connectivity index is 1.40. The van der Waals surface area contributed by atoms with Gasteiger partial charge in [0.2, 0.25) is 0 Å². The van der Waals surface area contributed by atoms with Gasteiger partial charge in [-0.15, -0.1) is 11.3 Å². The fourth-order valence-corrected chi connectivity index (χ4v) is 4.72. The number of carbonyl (C=O) groups excluding carboxylic acids is 1. The van der Waals surface area contributed by atoms with Gasteiger partial charge in [0.25, 0.3) is 5.91 Å². The Hall–Kier alpha value is -2.09. The molecule has 1 amide bonds. The molecule has 152 valence electrons. The molecule has 0 bridgehead atoms. The third-order valence-electron chi connectivity index (χ3n) is 4.87. The number of hydrogen-bond donors (Lipinski definition) is 0. The molecule has 2 aromatic heterocycles. The van der Waals surface area contributed by atoms with Gasteiger partial charge < -0.3 is 14.5 Å². The highest BCUT2D eigenvalue weighted by Crippen LogP contribution is 2.31. The van der Waals surface area contributed by atoms with Crippen molar-refractivity contribution in [3.8, 4) is 5.75 Å². The third-order valence-corrected chi connectivity index (χ3v) is 6.36. The number of aryl methyl sites for hydroxylation is 1. The lowest BCUT2D eigenvalue weighted by Crippen LogP contribution is -2.52. The average molecular weight is 451 g/mol. The molecule has 1 saturated heterocycles. The molecule has 1 fully saturated rings. The summed E-state index contributed by atoms with van der Waals surface area (Å²) in [4.78, 5) is 27.9. The van der Waals surface area contributed by atoms with Crippen molar-refractivity contribution in [2.45, 2.75) is 20.0 Å². The van der Waals surface area contributed by atoms with Gasteiger partial charge in [-0.25, -0.2) is 9.97 Å². The number of fused-ring (bicyclic) bond motifs is 1. The highest BCUT2D eigenvalue weighted by Gasteiger charge is 2.27. The Kier molecular flexibility index (Phi) is 5.81. The Morgan fingerprint density at radius 3 is 2.66 bits per heavy atom. The summed E-state index contributed by atoms with van der Waals surface area (Å²) in [7, 11) is 0. The van der Waals surface area contributed by atoms with Crippen molar-refractivity contribution in [1.29, 1.82) is 0 Å². The summed E-state index contributed by atoms with van der Waals surface area (Å²) in [5.74, 6) is 1.32. The Bertz CT molecular complexity index is 1050. The molecule has 0 radical (unpaired) electrons. The van der Waals surface area contributed by atoms with Crippen LogP contribution in [0, 0.1) is 6.92 Å². The average Bonchev–Trinajstić information content (AvgIpc) is 3.10. The van der Waals surface area contributed by atoms with Crippen molar-refractivity contribution < 1.29 is 9.53 Å². The zero-order valence-electron chi connectivity index (χ0n) is 16.1. The standard InChI is InChI=1S/C20H20Cl2N4O2S/c1-12-9-15-18(23-11-24-19(15)29-12)25-5-7-26(8-6-25)20(27)13(2)28-17-4-3-14(21)10-16(17)22/h3-4,9-11,13H,5-8H2,1-2H3. The van der Waals surface area contributed by atoms with Gasteiger partial charge in [0.15, 0.2) is 6.10 Å². The van der Waals surface area contributed by atoms with Crippen molar-refractivity contribution in [2.75, 3.05) is 31.1 Å². The fraction of sp³-hybridized carbons (Fsp3) is 0.350. The van der Waals surface area contributed by atoms with Crippen LogP contribution in [-0.2, 0) is 4.79 Å². The highest BCUT2D eigenvalue weighted by molar-refractivity contribution is 7.18. The van der Waals surface area contributed by atoms with Crippen LogP contribution in [0.1, 0.15) is 11.8 Å². The van der Waals surface area contributed by atoms with Crippen LogP contribution in [-0.4, -0.2) is 53.1 Å². The molecule has 1 aliphatic rings. The maximum Gasteiger partial charge on any atom is 0.263 e. The summed E-state index contributed by atoms with van der Waals surface area (Å²) in [6.45, 7) is 6.44. The number of carbonyl (C=O) groups is 1. The molecule has 0 spiro atoms. The SMILES string of the molecule is Cc1cc2c(N3CCN(C(=O)C(C)Oc4ccc(Cl)cc4Cl)CC3)ncnc2s1. The van der Waals surface area contributed by atoms with Crippen molar-refractivity contribution >= 4 is 56.5 Å². The van der Waals surface area contributed by atoms with Crippen LogP contribution in [0.3, 0.4) is 0 Å². The number of thiophene rings is 1. The van der Waals surface area contributed by atoms with Crippen LogP contribution in [0.2, 0.25) is 10.0 Å². The van der Waals surface area contributed by atoms with Gasteiger partial charge in [0.1, 0.15) is 22.7 Å². The first-order valence-corrected chi connectivity index (χ1v) is 10.9. The fourth-order valence-electron chi connectivity index (χ4n) is 3.42. The molecule has 1 aliphatic heterocycles. The van der Waals surface area contributed by atoms with Gasteiger partial charge in [-0.1, -0.05) is 23.2 Å². The monoisotopic (exact) mass is 450 g/mol. The maximum atomic E-state index is 12.8. The topological polar surface area (TPSA) is 58.6 Å². The number of piperazine rings is 1. The number of anilines is 1. The number of aromatic nitrogens is 2. The van der Waals surface area contributed by atoms with E-state index in [1.54, 1.807) is 42.8 Å². The van der Waals surface area contributed by atoms with Crippen LogP contribution >= 0.6 is 34.5 Å². The van der Waals surface area contributed by atoms with Crippen LogP contribution < -0.4 is 9.64 Å². The number of hydrogen-bond acceptors (Lipinski definition) is 6. The summed E-state index contributed by atoms with van der Waals surface area (Å²) in [6.07, 6.45) is 0.974. The van der Waals surface area contributed by atoms with Crippen molar-refractivity contribution in [1.82, 2.24) is 14.9 Å². The summed E-state index contributed by atoms with van der Waals surface area (Å²) < 4.78 is 5.77. The zero-order valence-corrected chi connectivity index (χ0v) is 18.4. The largest absolute Gasteiger partial charge is 0.479 e. The van der Waals surface area contributed by atoms with Gasteiger partial charge in [-0.3, -0.25) is 4.79 Å². The van der Waals surface area contributed by atoms with E-state index in [1.807, 2.05) is 4.90 Å². The first-order valence-electron chi connectivity index (χ1n) is 9.29. The number of benzene rings is 1. The molecule has 1 aromatic carbocycles. The molecule has 0 N–H and O–H groups in total. The van der Waals surface area contributed by atoms with Gasteiger partial charge >= 0.3 is 0 Å². The lowest BCUT2D eigenvalue weighted by molar-refractivity contribution is -0.138. The van der Waals surface area contributed by atoms with Gasteiger partial charge in [-0.05, 0) is 38.1 Å². The number of halogens is 2. The van der Waals surface area contributed by atoms with Crippen LogP contribution in [0.25, 0.3) is 10.2 Å². The second-order valence-corrected chi connectivity index (χ2v) is 9.00. The molecule has 1 atom stereocenters. The van der Waals surface area contributed by atoms with Crippen LogP contribution in [0.4, 0.5) is 5.82 Å². The summed E-state index contributed by atoms with van der Waals surface area (Å²) in [6, 6.07) is 7.09. The molecule has 9 heteroatoms. The number of amides is 1. The third kappa shape index (κ3) is 4.27. The van der Waals surface area contributed by atoms with Crippen LogP contribution in [0.15, 0.2) is 30.6 Å². The lowest BCUT2D eigenvalue weighted by atomic mass is 10.2. The molecule has 3 aromatic rings. The number of ether oxygens (including phenoxy) is 1. The van der Waals surface area contributed by atoms with E-state index in [2.05, 4.69) is 27.9 Å². The molecule has 1 unspecified atom stereocenters. The van der Waals surface area contributed by atoms with E-state index in [1.165, 1.54) is 4.88 Å². The van der Waals surface area contributed by atoms with E-state index in [-0.39, 0.29) is 5.91 Å². The molecule has 4 rings (SSSR count). The van der Waals surface area contributed by atoms with Crippen LogP contribution in [0.5, 0.6) is 5.75 Å². The minimum atomic E-state index is -0.634. The first kappa shape index (κ1) is 20.2. The van der Waals surface area contributed by atoms with E-state index in [4.69, 9.17) is 27.9 Å². The van der Waals surface area contributed by atoms with E-state index in [9.17, 15) is 4.79 Å². The quantitative estimate of drug-likeness (QED) is 0.588. The van der Waals surface area contributed by atoms with E-state index < -0.39 is 6.10 Å². The summed E-state index contributed by atoms with van der Waals surface area (Å²) in [5, 5.41) is 1.99. The summed E-state index contributed by atoms with van der Waals surface area (Å²) >= 11 is 13.7. The predicted molar refractivity (Wildman–Crippen MR) is 117 cm³/mol. The van der Waals surface area contributed by atoms with Gasteiger partial charge in [0.05, 0.1) is 10.4 Å².